The lowest BCUT2D eigenvalue weighted by Gasteiger charge is -2.25. The Bertz CT molecular complexity index is 413. The SMILES string of the molecule is Cc1cc(OCCC2CCC2)c([C@@H](C)N)cc1F. The van der Waals surface area contributed by atoms with Crippen LogP contribution in [0.1, 0.15) is 49.8 Å². The van der Waals surface area contributed by atoms with Gasteiger partial charge in [-0.1, -0.05) is 19.3 Å². The summed E-state index contributed by atoms with van der Waals surface area (Å²) in [5, 5.41) is 0. The van der Waals surface area contributed by atoms with Crippen LogP contribution in [0.2, 0.25) is 0 Å². The van der Waals surface area contributed by atoms with Crippen LogP contribution in [-0.2, 0) is 0 Å². The summed E-state index contributed by atoms with van der Waals surface area (Å²) in [5.74, 6) is 1.35. The molecule has 1 aliphatic carbocycles. The summed E-state index contributed by atoms with van der Waals surface area (Å²) >= 11 is 0. The summed E-state index contributed by atoms with van der Waals surface area (Å²) in [4.78, 5) is 0. The number of hydrogen-bond acceptors (Lipinski definition) is 2. The van der Waals surface area contributed by atoms with Crippen molar-refractivity contribution < 1.29 is 9.13 Å². The molecule has 2 N–H and O–H groups in total. The number of aryl methyl sites for hydroxylation is 1. The number of hydrogen-bond donors (Lipinski definition) is 1. The predicted molar refractivity (Wildman–Crippen MR) is 71.2 cm³/mol. The number of rotatable bonds is 5. The second-order valence-electron chi connectivity index (χ2n) is 5.36. The van der Waals surface area contributed by atoms with Gasteiger partial charge in [-0.15, -0.1) is 0 Å². The molecule has 100 valence electrons. The lowest BCUT2D eigenvalue weighted by Crippen LogP contribution is -2.15. The monoisotopic (exact) mass is 251 g/mol. The first-order chi connectivity index (χ1) is 8.58. The van der Waals surface area contributed by atoms with E-state index in [0.717, 1.165) is 23.7 Å². The van der Waals surface area contributed by atoms with E-state index in [1.165, 1.54) is 25.3 Å². The summed E-state index contributed by atoms with van der Waals surface area (Å²) in [7, 11) is 0. The fourth-order valence-electron chi connectivity index (χ4n) is 2.27. The van der Waals surface area contributed by atoms with Crippen LogP contribution in [0.5, 0.6) is 5.75 Å². The molecule has 0 bridgehead atoms. The van der Waals surface area contributed by atoms with Gasteiger partial charge in [-0.2, -0.15) is 0 Å². The van der Waals surface area contributed by atoms with Gasteiger partial charge in [-0.3, -0.25) is 0 Å². The van der Waals surface area contributed by atoms with Crippen molar-refractivity contribution in [2.24, 2.45) is 11.7 Å². The first-order valence-electron chi connectivity index (χ1n) is 6.76. The molecule has 0 amide bonds. The minimum absolute atomic E-state index is 0.209. The van der Waals surface area contributed by atoms with E-state index in [0.29, 0.717) is 12.2 Å². The first-order valence-corrected chi connectivity index (χ1v) is 6.76. The Balaban J connectivity index is 2.02. The van der Waals surface area contributed by atoms with Gasteiger partial charge in [0.1, 0.15) is 11.6 Å². The molecule has 2 nitrogen and oxygen atoms in total. The van der Waals surface area contributed by atoms with Gasteiger partial charge in [-0.25, -0.2) is 4.39 Å². The third-order valence-corrected chi connectivity index (χ3v) is 3.79. The van der Waals surface area contributed by atoms with Crippen LogP contribution in [0, 0.1) is 18.7 Å². The highest BCUT2D eigenvalue weighted by molar-refractivity contribution is 5.39. The third-order valence-electron chi connectivity index (χ3n) is 3.79. The van der Waals surface area contributed by atoms with Crippen molar-refractivity contribution in [1.82, 2.24) is 0 Å². The summed E-state index contributed by atoms with van der Waals surface area (Å²) in [6.07, 6.45) is 5.10. The Morgan fingerprint density at radius 2 is 2.17 bits per heavy atom. The van der Waals surface area contributed by atoms with Crippen molar-refractivity contribution in [3.8, 4) is 5.75 Å². The standard InChI is InChI=1S/C15H22FNO/c1-10-8-15(13(11(2)17)9-14(10)16)18-7-6-12-4-3-5-12/h8-9,11-12H,3-7,17H2,1-2H3/t11-/m1/s1. The van der Waals surface area contributed by atoms with Crippen LogP contribution < -0.4 is 10.5 Å². The minimum atomic E-state index is -0.214. The molecule has 1 aliphatic rings. The summed E-state index contributed by atoms with van der Waals surface area (Å²) in [6.45, 7) is 4.30. The third kappa shape index (κ3) is 3.02. The van der Waals surface area contributed by atoms with E-state index in [-0.39, 0.29) is 11.9 Å². The predicted octanol–water partition coefficient (Wildman–Crippen LogP) is 3.72. The zero-order valence-corrected chi connectivity index (χ0v) is 11.2. The Morgan fingerprint density at radius 3 is 2.72 bits per heavy atom. The van der Waals surface area contributed by atoms with Crippen molar-refractivity contribution in [1.29, 1.82) is 0 Å². The molecule has 2 rings (SSSR count). The topological polar surface area (TPSA) is 35.2 Å². The molecule has 0 heterocycles. The molecule has 0 saturated heterocycles. The molecule has 0 unspecified atom stereocenters. The van der Waals surface area contributed by atoms with Gasteiger partial charge in [0.2, 0.25) is 0 Å². The van der Waals surface area contributed by atoms with E-state index in [4.69, 9.17) is 10.5 Å². The maximum absolute atomic E-state index is 13.5. The molecule has 1 atom stereocenters. The summed E-state index contributed by atoms with van der Waals surface area (Å²) in [5.41, 5.74) is 7.22. The number of ether oxygens (including phenoxy) is 1. The minimum Gasteiger partial charge on any atom is -0.493 e. The van der Waals surface area contributed by atoms with Crippen LogP contribution in [0.15, 0.2) is 12.1 Å². The fraction of sp³-hybridized carbons (Fsp3) is 0.600. The highest BCUT2D eigenvalue weighted by Gasteiger charge is 2.18. The van der Waals surface area contributed by atoms with Gasteiger partial charge in [0.15, 0.2) is 0 Å². The van der Waals surface area contributed by atoms with Gasteiger partial charge >= 0.3 is 0 Å². The number of halogens is 1. The van der Waals surface area contributed by atoms with Crippen molar-refractivity contribution in [3.63, 3.8) is 0 Å². The Hall–Kier alpha value is -1.09. The maximum atomic E-state index is 13.5. The van der Waals surface area contributed by atoms with E-state index < -0.39 is 0 Å². The van der Waals surface area contributed by atoms with Gasteiger partial charge < -0.3 is 10.5 Å². The quantitative estimate of drug-likeness (QED) is 0.865. The number of nitrogens with two attached hydrogens (primary N) is 1. The highest BCUT2D eigenvalue weighted by Crippen LogP contribution is 2.31. The summed E-state index contributed by atoms with van der Waals surface area (Å²) < 4.78 is 19.3. The van der Waals surface area contributed by atoms with E-state index >= 15 is 0 Å². The molecule has 3 heteroatoms. The van der Waals surface area contributed by atoms with Crippen molar-refractivity contribution in [2.45, 2.75) is 45.6 Å². The first kappa shape index (κ1) is 13.3. The molecule has 0 spiro atoms. The van der Waals surface area contributed by atoms with Gasteiger partial charge in [0, 0.05) is 11.6 Å². The average Bonchev–Trinajstić information content (AvgIpc) is 2.25. The second kappa shape index (κ2) is 5.70. The van der Waals surface area contributed by atoms with Gasteiger partial charge in [0.05, 0.1) is 6.61 Å². The van der Waals surface area contributed by atoms with E-state index in [1.807, 2.05) is 6.92 Å². The largest absolute Gasteiger partial charge is 0.493 e. The molecule has 0 radical (unpaired) electrons. The Kier molecular flexibility index (Phi) is 4.23. The molecule has 18 heavy (non-hydrogen) atoms. The Labute approximate surface area is 108 Å². The van der Waals surface area contributed by atoms with Crippen LogP contribution in [0.4, 0.5) is 4.39 Å². The lowest BCUT2D eigenvalue weighted by molar-refractivity contribution is 0.220. The van der Waals surface area contributed by atoms with Crippen molar-refractivity contribution in [2.75, 3.05) is 6.61 Å². The smallest absolute Gasteiger partial charge is 0.126 e. The normalized spacial score (nSPS) is 17.3. The molecule has 1 aromatic carbocycles. The molecule has 1 fully saturated rings. The van der Waals surface area contributed by atoms with Crippen LogP contribution >= 0.6 is 0 Å². The zero-order chi connectivity index (χ0) is 13.1. The highest BCUT2D eigenvalue weighted by atomic mass is 19.1. The van der Waals surface area contributed by atoms with Crippen molar-refractivity contribution >= 4 is 0 Å². The maximum Gasteiger partial charge on any atom is 0.126 e. The van der Waals surface area contributed by atoms with Gasteiger partial charge in [0.25, 0.3) is 0 Å². The molecule has 1 saturated carbocycles. The van der Waals surface area contributed by atoms with Crippen LogP contribution in [0.3, 0.4) is 0 Å². The molecule has 0 aromatic heterocycles. The second-order valence-corrected chi connectivity index (χ2v) is 5.36. The molecular weight excluding hydrogens is 229 g/mol. The van der Waals surface area contributed by atoms with Crippen LogP contribution in [0.25, 0.3) is 0 Å². The van der Waals surface area contributed by atoms with E-state index in [2.05, 4.69) is 0 Å². The van der Waals surface area contributed by atoms with Crippen molar-refractivity contribution in [3.05, 3.63) is 29.1 Å². The van der Waals surface area contributed by atoms with Crippen LogP contribution in [-0.4, -0.2) is 6.61 Å². The fourth-order valence-corrected chi connectivity index (χ4v) is 2.27. The van der Waals surface area contributed by atoms with E-state index in [1.54, 1.807) is 13.0 Å². The molecular formula is C15H22FNO. The number of benzene rings is 1. The zero-order valence-electron chi connectivity index (χ0n) is 11.2. The van der Waals surface area contributed by atoms with Gasteiger partial charge in [-0.05, 0) is 43.9 Å². The van der Waals surface area contributed by atoms with E-state index in [9.17, 15) is 4.39 Å². The molecule has 0 aliphatic heterocycles. The average molecular weight is 251 g/mol. The molecule has 1 aromatic rings. The Morgan fingerprint density at radius 1 is 1.44 bits per heavy atom. The lowest BCUT2D eigenvalue weighted by atomic mass is 9.83. The summed E-state index contributed by atoms with van der Waals surface area (Å²) in [6, 6.07) is 3.05.